The summed E-state index contributed by atoms with van der Waals surface area (Å²) in [7, 11) is -3.46. The number of hydrogen-bond donors (Lipinski definition) is 0. The minimum Gasteiger partial charge on any atom is -0.253 e. The number of sulfonamides is 1. The summed E-state index contributed by atoms with van der Waals surface area (Å²) in [4.78, 5) is 9.59. The molecule has 3 aromatic rings. The van der Waals surface area contributed by atoms with Crippen LogP contribution in [0.1, 0.15) is 29.8 Å². The van der Waals surface area contributed by atoms with Gasteiger partial charge in [-0.3, -0.25) is 9.97 Å². The Kier molecular flexibility index (Phi) is 4.01. The molecule has 0 amide bonds. The monoisotopic (exact) mass is 372 g/mol. The number of hydrazone groups is 1. The fourth-order valence-electron chi connectivity index (χ4n) is 2.90. The number of hydrogen-bond acceptors (Lipinski definition) is 6. The van der Waals surface area contributed by atoms with Crippen molar-refractivity contribution in [3.05, 3.63) is 58.5 Å². The molecule has 1 aliphatic heterocycles. The van der Waals surface area contributed by atoms with Crippen LogP contribution >= 0.6 is 11.3 Å². The summed E-state index contributed by atoms with van der Waals surface area (Å²) in [5, 5.41) is 6.42. The van der Waals surface area contributed by atoms with Gasteiger partial charge in [-0.05, 0) is 36.1 Å². The van der Waals surface area contributed by atoms with Gasteiger partial charge in [0.1, 0.15) is 0 Å². The molecule has 8 heteroatoms. The summed E-state index contributed by atoms with van der Waals surface area (Å²) in [5.74, 6) is 0.0120. The predicted molar refractivity (Wildman–Crippen MR) is 99.1 cm³/mol. The minimum absolute atomic E-state index is 0.0120. The van der Waals surface area contributed by atoms with Gasteiger partial charge < -0.3 is 0 Å². The lowest BCUT2D eigenvalue weighted by atomic mass is 10.0. The number of thiophene rings is 1. The highest BCUT2D eigenvalue weighted by Crippen LogP contribution is 2.36. The lowest BCUT2D eigenvalue weighted by Crippen LogP contribution is -2.28. The van der Waals surface area contributed by atoms with Crippen LogP contribution in [-0.2, 0) is 10.0 Å². The van der Waals surface area contributed by atoms with E-state index in [1.165, 1.54) is 4.41 Å². The normalized spacial score (nSPS) is 17.9. The van der Waals surface area contributed by atoms with Gasteiger partial charge in [0.25, 0.3) is 0 Å². The van der Waals surface area contributed by atoms with Gasteiger partial charge in [-0.1, -0.05) is 12.1 Å². The molecule has 0 spiro atoms. The van der Waals surface area contributed by atoms with Crippen molar-refractivity contribution in [2.75, 3.05) is 5.75 Å². The topological polar surface area (TPSA) is 75.5 Å². The number of aromatic nitrogens is 2. The molecule has 128 valence electrons. The van der Waals surface area contributed by atoms with Crippen molar-refractivity contribution in [2.45, 2.75) is 19.4 Å². The van der Waals surface area contributed by atoms with E-state index in [9.17, 15) is 8.42 Å². The molecule has 0 saturated heterocycles. The van der Waals surface area contributed by atoms with Gasteiger partial charge in [0, 0.05) is 18.8 Å². The largest absolute Gasteiger partial charge is 0.253 e. The fourth-order valence-corrected chi connectivity index (χ4v) is 4.70. The molecule has 0 bridgehead atoms. The van der Waals surface area contributed by atoms with Crippen molar-refractivity contribution < 1.29 is 8.42 Å². The summed E-state index contributed by atoms with van der Waals surface area (Å²) in [6.45, 7) is 1.64. The molecule has 3 heterocycles. The molecule has 0 fully saturated rings. The van der Waals surface area contributed by atoms with E-state index < -0.39 is 10.0 Å². The third-order valence-corrected chi connectivity index (χ3v) is 6.76. The Hall–Kier alpha value is -2.32. The first-order valence-electron chi connectivity index (χ1n) is 7.92. The molecule has 6 nitrogen and oxygen atoms in total. The molecule has 2 aromatic heterocycles. The molecule has 0 unspecified atom stereocenters. The third kappa shape index (κ3) is 2.91. The Morgan fingerprint density at radius 2 is 2.00 bits per heavy atom. The summed E-state index contributed by atoms with van der Waals surface area (Å²) >= 11 is 1.57. The van der Waals surface area contributed by atoms with Gasteiger partial charge in [0.2, 0.25) is 10.0 Å². The zero-order valence-corrected chi connectivity index (χ0v) is 15.2. The lowest BCUT2D eigenvalue weighted by molar-refractivity contribution is 0.372. The molecule has 1 aromatic carbocycles. The number of nitrogens with zero attached hydrogens (tertiary/aromatic N) is 4. The number of fused-ring (bicyclic) bond motifs is 1. The van der Waals surface area contributed by atoms with Crippen LogP contribution < -0.4 is 0 Å². The molecular weight excluding hydrogens is 356 g/mol. The van der Waals surface area contributed by atoms with Crippen LogP contribution in [0.3, 0.4) is 0 Å². The van der Waals surface area contributed by atoms with Gasteiger partial charge in [-0.25, -0.2) is 8.42 Å². The maximum atomic E-state index is 12.6. The smallest absolute Gasteiger partial charge is 0.250 e. The highest BCUT2D eigenvalue weighted by Gasteiger charge is 2.36. The van der Waals surface area contributed by atoms with Crippen LogP contribution in [-0.4, -0.2) is 34.3 Å². The molecule has 1 aliphatic rings. The van der Waals surface area contributed by atoms with E-state index in [0.717, 1.165) is 27.2 Å². The highest BCUT2D eigenvalue weighted by atomic mass is 32.2. The van der Waals surface area contributed by atoms with Crippen molar-refractivity contribution in [3.8, 4) is 0 Å². The van der Waals surface area contributed by atoms with E-state index in [2.05, 4.69) is 15.1 Å². The summed E-state index contributed by atoms with van der Waals surface area (Å²) < 4.78 is 26.4. The quantitative estimate of drug-likeness (QED) is 0.705. The Morgan fingerprint density at radius 3 is 2.72 bits per heavy atom. The van der Waals surface area contributed by atoms with Gasteiger partial charge in [0.05, 0.1) is 33.4 Å². The molecule has 0 N–H and O–H groups in total. The first-order valence-corrected chi connectivity index (χ1v) is 10.4. The maximum Gasteiger partial charge on any atom is 0.250 e. The first kappa shape index (κ1) is 16.2. The zero-order chi connectivity index (χ0) is 17.4. The fraction of sp³-hybridized carbons (Fsp3) is 0.235. The van der Waals surface area contributed by atoms with E-state index in [4.69, 9.17) is 0 Å². The average molecular weight is 372 g/mol. The van der Waals surface area contributed by atoms with Crippen LogP contribution in [0.5, 0.6) is 0 Å². The van der Waals surface area contributed by atoms with Crippen LogP contribution in [0.15, 0.2) is 53.2 Å². The van der Waals surface area contributed by atoms with Crippen LogP contribution in [0.4, 0.5) is 0 Å². The molecule has 0 aliphatic carbocycles. The molecule has 25 heavy (non-hydrogen) atoms. The molecule has 0 radical (unpaired) electrons. The number of benzene rings is 1. The SMILES string of the molecule is CCS(=O)(=O)N1N=C(c2cccs2)C[C@H]1c1ccc2nccnc2c1. The number of rotatable bonds is 4. The molecule has 0 saturated carbocycles. The standard InChI is InChI=1S/C17H16N4O2S2/c1-2-25(22,23)21-16(11-15(20-21)17-4-3-9-24-17)12-5-6-13-14(10-12)19-8-7-18-13/h3-10,16H,2,11H2,1H3/t16-/m0/s1. The molecule has 4 rings (SSSR count). The van der Waals surface area contributed by atoms with E-state index in [1.807, 2.05) is 35.7 Å². The molecule has 1 atom stereocenters. The average Bonchev–Trinajstić information content (AvgIpc) is 3.31. The third-order valence-electron chi connectivity index (χ3n) is 4.21. The van der Waals surface area contributed by atoms with Crippen molar-refractivity contribution >= 4 is 38.1 Å². The molecular formula is C17H16N4O2S2. The van der Waals surface area contributed by atoms with Gasteiger partial charge in [-0.2, -0.15) is 9.52 Å². The second-order valence-electron chi connectivity index (χ2n) is 5.72. The van der Waals surface area contributed by atoms with E-state index >= 15 is 0 Å². The van der Waals surface area contributed by atoms with Crippen molar-refractivity contribution in [1.82, 2.24) is 14.4 Å². The van der Waals surface area contributed by atoms with E-state index in [1.54, 1.807) is 30.7 Å². The maximum absolute atomic E-state index is 12.6. The van der Waals surface area contributed by atoms with Gasteiger partial charge in [0.15, 0.2) is 0 Å². The van der Waals surface area contributed by atoms with Crippen LogP contribution in [0.2, 0.25) is 0 Å². The Bertz CT molecular complexity index is 1050. The lowest BCUT2D eigenvalue weighted by Gasteiger charge is -2.22. The van der Waals surface area contributed by atoms with E-state index in [-0.39, 0.29) is 11.8 Å². The van der Waals surface area contributed by atoms with E-state index in [0.29, 0.717) is 6.42 Å². The second kappa shape index (κ2) is 6.20. The first-order chi connectivity index (χ1) is 12.1. The van der Waals surface area contributed by atoms with Crippen LogP contribution in [0, 0.1) is 0 Å². The Labute approximate surface area is 149 Å². The van der Waals surface area contributed by atoms with Crippen molar-refractivity contribution in [1.29, 1.82) is 0 Å². The Morgan fingerprint density at radius 1 is 1.20 bits per heavy atom. The van der Waals surface area contributed by atoms with Gasteiger partial charge in [-0.15, -0.1) is 11.3 Å². The Balaban J connectivity index is 1.78. The summed E-state index contributed by atoms with van der Waals surface area (Å²) in [6, 6.07) is 9.24. The second-order valence-corrected chi connectivity index (χ2v) is 8.78. The van der Waals surface area contributed by atoms with Crippen molar-refractivity contribution in [3.63, 3.8) is 0 Å². The van der Waals surface area contributed by atoms with Crippen molar-refractivity contribution in [2.24, 2.45) is 5.10 Å². The highest BCUT2D eigenvalue weighted by molar-refractivity contribution is 7.89. The predicted octanol–water partition coefficient (Wildman–Crippen LogP) is 3.19. The summed E-state index contributed by atoms with van der Waals surface area (Å²) in [6.07, 6.45) is 3.82. The van der Waals surface area contributed by atoms with Crippen LogP contribution in [0.25, 0.3) is 11.0 Å². The zero-order valence-electron chi connectivity index (χ0n) is 13.5. The summed E-state index contributed by atoms with van der Waals surface area (Å²) in [5.41, 5.74) is 3.21. The van der Waals surface area contributed by atoms with Gasteiger partial charge >= 0.3 is 0 Å². The minimum atomic E-state index is -3.46.